The Hall–Kier alpha value is -2.20. The highest BCUT2D eigenvalue weighted by atomic mass is 19.1. The summed E-state index contributed by atoms with van der Waals surface area (Å²) in [6.07, 6.45) is 4.50. The second kappa shape index (κ2) is 8.45. The van der Waals surface area contributed by atoms with E-state index < -0.39 is 11.6 Å². The van der Waals surface area contributed by atoms with Crippen LogP contribution >= 0.6 is 0 Å². The van der Waals surface area contributed by atoms with Crippen molar-refractivity contribution in [2.45, 2.75) is 25.7 Å². The molecule has 0 saturated carbocycles. The number of anilines is 1. The molecule has 2 saturated heterocycles. The lowest BCUT2D eigenvalue weighted by Crippen LogP contribution is -2.50. The molecule has 1 aromatic rings. The molecule has 1 amide bonds. The van der Waals surface area contributed by atoms with Crippen LogP contribution < -0.4 is 4.90 Å². The highest BCUT2D eigenvalue weighted by Gasteiger charge is 2.25. The molecule has 2 fully saturated rings. The van der Waals surface area contributed by atoms with E-state index in [0.29, 0.717) is 32.7 Å². The summed E-state index contributed by atoms with van der Waals surface area (Å²) < 4.78 is 28.3. The topological polar surface area (TPSA) is 50.6 Å². The number of rotatable bonds is 3. The van der Waals surface area contributed by atoms with Gasteiger partial charge in [-0.15, -0.1) is 0 Å². The molecule has 0 radical (unpaired) electrons. The van der Waals surface area contributed by atoms with Crippen molar-refractivity contribution in [3.8, 4) is 6.07 Å². The van der Waals surface area contributed by atoms with Crippen molar-refractivity contribution in [2.75, 3.05) is 50.7 Å². The van der Waals surface area contributed by atoms with Crippen LogP contribution in [0, 0.1) is 23.0 Å². The van der Waals surface area contributed by atoms with E-state index in [-0.39, 0.29) is 17.2 Å². The summed E-state index contributed by atoms with van der Waals surface area (Å²) in [6.45, 7) is 4.10. The molecular formula is C19H24F2N4O. The van der Waals surface area contributed by atoms with Gasteiger partial charge in [0, 0.05) is 39.3 Å². The number of carbonyl (C=O) groups excluding carboxylic acids is 1. The molecule has 2 aliphatic rings. The standard InChI is InChI=1S/C19H24F2N4O/c20-16-11-15(13-22)12-17(21)19(16)25-9-7-23(8-10-25)14-18(26)24-5-3-1-2-4-6-24/h11-12H,1-10,14H2. The van der Waals surface area contributed by atoms with Gasteiger partial charge in [-0.3, -0.25) is 9.69 Å². The van der Waals surface area contributed by atoms with Gasteiger partial charge in [-0.05, 0) is 25.0 Å². The largest absolute Gasteiger partial charge is 0.364 e. The van der Waals surface area contributed by atoms with Crippen LogP contribution in [0.15, 0.2) is 12.1 Å². The quantitative estimate of drug-likeness (QED) is 0.828. The number of nitrogens with zero attached hydrogens (tertiary/aromatic N) is 4. The van der Waals surface area contributed by atoms with E-state index in [1.165, 1.54) is 12.8 Å². The number of likely N-dealkylation sites (tertiary alicyclic amines) is 1. The SMILES string of the molecule is N#Cc1cc(F)c(N2CCN(CC(=O)N3CCCCCC3)CC2)c(F)c1. The van der Waals surface area contributed by atoms with Gasteiger partial charge in [0.1, 0.15) is 5.69 Å². The molecule has 0 N–H and O–H groups in total. The van der Waals surface area contributed by atoms with Gasteiger partial charge in [0.2, 0.25) is 5.91 Å². The van der Waals surface area contributed by atoms with Gasteiger partial charge < -0.3 is 9.80 Å². The zero-order valence-corrected chi connectivity index (χ0v) is 14.9. The Bertz CT molecular complexity index is 664. The minimum absolute atomic E-state index is 0.0227. The summed E-state index contributed by atoms with van der Waals surface area (Å²) >= 11 is 0. The number of amides is 1. The molecule has 0 aliphatic carbocycles. The average molecular weight is 362 g/mol. The third-order valence-corrected chi connectivity index (χ3v) is 5.15. The second-order valence-corrected chi connectivity index (χ2v) is 6.96. The van der Waals surface area contributed by atoms with Gasteiger partial charge in [-0.25, -0.2) is 8.78 Å². The first kappa shape index (κ1) is 18.6. The van der Waals surface area contributed by atoms with E-state index in [9.17, 15) is 13.6 Å². The number of halogens is 2. The molecule has 0 atom stereocenters. The van der Waals surface area contributed by atoms with E-state index >= 15 is 0 Å². The molecular weight excluding hydrogens is 338 g/mol. The number of hydrogen-bond donors (Lipinski definition) is 0. The summed E-state index contributed by atoms with van der Waals surface area (Å²) in [5, 5.41) is 8.79. The van der Waals surface area contributed by atoms with E-state index in [1.807, 2.05) is 9.80 Å². The van der Waals surface area contributed by atoms with Crippen molar-refractivity contribution in [3.05, 3.63) is 29.3 Å². The number of nitriles is 1. The second-order valence-electron chi connectivity index (χ2n) is 6.96. The van der Waals surface area contributed by atoms with Crippen molar-refractivity contribution in [1.82, 2.24) is 9.80 Å². The number of benzene rings is 1. The predicted octanol–water partition coefficient (Wildman–Crippen LogP) is 2.36. The number of piperazine rings is 1. The Morgan fingerprint density at radius 1 is 0.962 bits per heavy atom. The Kier molecular flexibility index (Phi) is 6.04. The van der Waals surface area contributed by atoms with Crippen LogP contribution in [-0.2, 0) is 4.79 Å². The van der Waals surface area contributed by atoms with Gasteiger partial charge in [-0.2, -0.15) is 5.26 Å². The van der Waals surface area contributed by atoms with Crippen LogP contribution in [0.1, 0.15) is 31.2 Å². The smallest absolute Gasteiger partial charge is 0.236 e. The zero-order valence-electron chi connectivity index (χ0n) is 14.9. The summed E-state index contributed by atoms with van der Waals surface area (Å²) in [4.78, 5) is 18.1. The fourth-order valence-corrected chi connectivity index (χ4v) is 3.67. The van der Waals surface area contributed by atoms with Gasteiger partial charge in [0.05, 0.1) is 18.2 Å². The first-order valence-electron chi connectivity index (χ1n) is 9.22. The summed E-state index contributed by atoms with van der Waals surface area (Å²) in [7, 11) is 0. The van der Waals surface area contributed by atoms with Crippen molar-refractivity contribution >= 4 is 11.6 Å². The van der Waals surface area contributed by atoms with Crippen molar-refractivity contribution in [2.24, 2.45) is 0 Å². The minimum Gasteiger partial charge on any atom is -0.364 e. The van der Waals surface area contributed by atoms with Crippen LogP contribution in [0.3, 0.4) is 0 Å². The Balaban J connectivity index is 1.56. The van der Waals surface area contributed by atoms with Gasteiger partial charge >= 0.3 is 0 Å². The van der Waals surface area contributed by atoms with Crippen LogP contribution in [-0.4, -0.2) is 61.5 Å². The highest BCUT2D eigenvalue weighted by molar-refractivity contribution is 5.78. The fourth-order valence-electron chi connectivity index (χ4n) is 3.67. The van der Waals surface area contributed by atoms with Gasteiger partial charge in [-0.1, -0.05) is 12.8 Å². The lowest BCUT2D eigenvalue weighted by Gasteiger charge is -2.36. The molecule has 1 aromatic carbocycles. The van der Waals surface area contributed by atoms with Crippen molar-refractivity contribution in [3.63, 3.8) is 0 Å². The Labute approximate surface area is 152 Å². The van der Waals surface area contributed by atoms with E-state index in [0.717, 1.165) is 38.1 Å². The average Bonchev–Trinajstić information content (AvgIpc) is 2.92. The molecule has 0 spiro atoms. The van der Waals surface area contributed by atoms with E-state index in [1.54, 1.807) is 11.0 Å². The van der Waals surface area contributed by atoms with Crippen LogP contribution in [0.4, 0.5) is 14.5 Å². The predicted molar refractivity (Wildman–Crippen MR) is 94.8 cm³/mol. The molecule has 26 heavy (non-hydrogen) atoms. The van der Waals surface area contributed by atoms with Gasteiger partial charge in [0.25, 0.3) is 0 Å². The maximum Gasteiger partial charge on any atom is 0.236 e. The third-order valence-electron chi connectivity index (χ3n) is 5.15. The maximum atomic E-state index is 14.2. The number of carbonyl (C=O) groups is 1. The fraction of sp³-hybridized carbons (Fsp3) is 0.579. The molecule has 5 nitrogen and oxygen atoms in total. The Morgan fingerprint density at radius 3 is 2.08 bits per heavy atom. The Morgan fingerprint density at radius 2 is 1.54 bits per heavy atom. The summed E-state index contributed by atoms with van der Waals surface area (Å²) in [6, 6.07) is 3.88. The summed E-state index contributed by atoms with van der Waals surface area (Å²) in [5.41, 5.74) is -0.104. The first-order chi connectivity index (χ1) is 12.6. The molecule has 140 valence electrons. The molecule has 3 rings (SSSR count). The normalized spacial score (nSPS) is 19.1. The monoisotopic (exact) mass is 362 g/mol. The molecule has 0 aromatic heterocycles. The van der Waals surface area contributed by atoms with E-state index in [4.69, 9.17) is 5.26 Å². The first-order valence-corrected chi connectivity index (χ1v) is 9.22. The van der Waals surface area contributed by atoms with Crippen LogP contribution in [0.5, 0.6) is 0 Å². The lowest BCUT2D eigenvalue weighted by atomic mass is 10.1. The minimum atomic E-state index is -0.712. The third kappa shape index (κ3) is 4.31. The molecule has 7 heteroatoms. The number of hydrogen-bond acceptors (Lipinski definition) is 4. The molecule has 2 aliphatic heterocycles. The molecule has 2 heterocycles. The molecule has 0 bridgehead atoms. The zero-order chi connectivity index (χ0) is 18.5. The van der Waals surface area contributed by atoms with Gasteiger partial charge in [0.15, 0.2) is 11.6 Å². The van der Waals surface area contributed by atoms with Crippen LogP contribution in [0.25, 0.3) is 0 Å². The maximum absolute atomic E-state index is 14.2. The van der Waals surface area contributed by atoms with Crippen molar-refractivity contribution in [1.29, 1.82) is 5.26 Å². The summed E-state index contributed by atoms with van der Waals surface area (Å²) in [5.74, 6) is -1.28. The van der Waals surface area contributed by atoms with Crippen molar-refractivity contribution < 1.29 is 13.6 Å². The van der Waals surface area contributed by atoms with Crippen LogP contribution in [0.2, 0.25) is 0 Å². The highest BCUT2D eigenvalue weighted by Crippen LogP contribution is 2.26. The van der Waals surface area contributed by atoms with E-state index in [2.05, 4.69) is 0 Å². The molecule has 0 unspecified atom stereocenters. The lowest BCUT2D eigenvalue weighted by molar-refractivity contribution is -0.132.